The molecule has 0 bridgehead atoms. The second-order valence-electron chi connectivity index (χ2n) is 4.65. The molecule has 2 rings (SSSR count). The third-order valence-corrected chi connectivity index (χ3v) is 3.55. The predicted molar refractivity (Wildman–Crippen MR) is 64.8 cm³/mol. The number of hydrogen-bond acceptors (Lipinski definition) is 2. The molecule has 3 heteroatoms. The Morgan fingerprint density at radius 1 is 1.18 bits per heavy atom. The molecule has 0 aromatic carbocycles. The summed E-state index contributed by atoms with van der Waals surface area (Å²) in [5.74, 6) is 2.41. The normalized spacial score (nSPS) is 27.1. The minimum atomic E-state index is -0.0971. The third kappa shape index (κ3) is 2.26. The summed E-state index contributed by atoms with van der Waals surface area (Å²) in [6.45, 7) is 0.534. The van der Waals surface area contributed by atoms with Crippen LogP contribution in [0.3, 0.4) is 0 Å². The number of amides is 2. The zero-order valence-corrected chi connectivity index (χ0v) is 9.89. The fourth-order valence-corrected chi connectivity index (χ4v) is 2.59. The van der Waals surface area contributed by atoms with Gasteiger partial charge < -0.3 is 0 Å². The number of rotatable bonds is 4. The SMILES string of the molecule is C#CCCCCN1C(=O)[C@H]2CC=CC[C@H]2C1=O. The van der Waals surface area contributed by atoms with Crippen molar-refractivity contribution in [1.29, 1.82) is 0 Å². The Balaban J connectivity index is 1.94. The van der Waals surface area contributed by atoms with Crippen molar-refractivity contribution in [3.8, 4) is 12.3 Å². The summed E-state index contributed by atoms with van der Waals surface area (Å²) in [6, 6.07) is 0. The van der Waals surface area contributed by atoms with Crippen LogP contribution in [0.4, 0.5) is 0 Å². The number of fused-ring (bicyclic) bond motifs is 1. The number of allylic oxidation sites excluding steroid dienone is 2. The standard InChI is InChI=1S/C14H17NO2/c1-2-3-4-7-10-15-13(16)11-8-5-6-9-12(11)14(15)17/h1,5-6,11-12H,3-4,7-10H2/t11-,12+. The summed E-state index contributed by atoms with van der Waals surface area (Å²) < 4.78 is 0. The summed E-state index contributed by atoms with van der Waals surface area (Å²) in [4.78, 5) is 25.5. The lowest BCUT2D eigenvalue weighted by atomic mass is 9.85. The van der Waals surface area contributed by atoms with E-state index in [-0.39, 0.29) is 23.7 Å². The van der Waals surface area contributed by atoms with Gasteiger partial charge in [0, 0.05) is 13.0 Å². The first-order chi connectivity index (χ1) is 8.25. The van der Waals surface area contributed by atoms with Gasteiger partial charge in [-0.2, -0.15) is 0 Å². The van der Waals surface area contributed by atoms with Crippen molar-refractivity contribution >= 4 is 11.8 Å². The number of nitrogens with zero attached hydrogens (tertiary/aromatic N) is 1. The van der Waals surface area contributed by atoms with Crippen molar-refractivity contribution in [3.05, 3.63) is 12.2 Å². The lowest BCUT2D eigenvalue weighted by Crippen LogP contribution is -2.32. The molecule has 1 aliphatic heterocycles. The number of hydrogen-bond donors (Lipinski definition) is 0. The maximum atomic E-state index is 12.0. The topological polar surface area (TPSA) is 37.4 Å². The summed E-state index contributed by atoms with van der Waals surface area (Å²) in [6.07, 6.45) is 13.0. The Labute approximate surface area is 102 Å². The average Bonchev–Trinajstić information content (AvgIpc) is 2.60. The molecule has 2 amide bonds. The highest BCUT2D eigenvalue weighted by Crippen LogP contribution is 2.35. The fourth-order valence-electron chi connectivity index (χ4n) is 2.59. The zero-order valence-electron chi connectivity index (χ0n) is 9.89. The minimum Gasteiger partial charge on any atom is -0.282 e. The maximum absolute atomic E-state index is 12.0. The van der Waals surface area contributed by atoms with Crippen LogP contribution in [0, 0.1) is 24.2 Å². The van der Waals surface area contributed by atoms with Crippen LogP contribution >= 0.6 is 0 Å². The van der Waals surface area contributed by atoms with Gasteiger partial charge in [-0.15, -0.1) is 12.3 Å². The molecular weight excluding hydrogens is 214 g/mol. The molecule has 0 aromatic rings. The lowest BCUT2D eigenvalue weighted by molar-refractivity contribution is -0.139. The van der Waals surface area contributed by atoms with E-state index in [4.69, 9.17) is 6.42 Å². The first-order valence-electron chi connectivity index (χ1n) is 6.19. The predicted octanol–water partition coefficient (Wildman–Crippen LogP) is 1.74. The monoisotopic (exact) mass is 231 g/mol. The highest BCUT2D eigenvalue weighted by molar-refractivity contribution is 6.05. The van der Waals surface area contributed by atoms with Crippen LogP contribution in [-0.2, 0) is 9.59 Å². The molecule has 0 spiro atoms. The average molecular weight is 231 g/mol. The van der Waals surface area contributed by atoms with E-state index in [1.165, 1.54) is 4.90 Å². The Bertz CT molecular complexity index is 366. The number of imide groups is 1. The van der Waals surface area contributed by atoms with Crippen molar-refractivity contribution < 1.29 is 9.59 Å². The molecule has 17 heavy (non-hydrogen) atoms. The summed E-state index contributed by atoms with van der Waals surface area (Å²) >= 11 is 0. The van der Waals surface area contributed by atoms with Crippen molar-refractivity contribution in [2.45, 2.75) is 32.1 Å². The Hall–Kier alpha value is -1.56. The van der Waals surface area contributed by atoms with E-state index in [1.807, 2.05) is 12.2 Å². The molecule has 1 aliphatic carbocycles. The molecule has 3 nitrogen and oxygen atoms in total. The number of carbonyl (C=O) groups is 2. The molecule has 1 saturated heterocycles. The number of likely N-dealkylation sites (tertiary alicyclic amines) is 1. The maximum Gasteiger partial charge on any atom is 0.233 e. The van der Waals surface area contributed by atoms with E-state index >= 15 is 0 Å². The van der Waals surface area contributed by atoms with Crippen LogP contribution in [0.5, 0.6) is 0 Å². The van der Waals surface area contributed by atoms with Gasteiger partial charge in [-0.1, -0.05) is 12.2 Å². The van der Waals surface area contributed by atoms with Crippen LogP contribution in [0.25, 0.3) is 0 Å². The highest BCUT2D eigenvalue weighted by atomic mass is 16.2. The van der Waals surface area contributed by atoms with Crippen molar-refractivity contribution in [1.82, 2.24) is 4.90 Å². The quantitative estimate of drug-likeness (QED) is 0.320. The molecule has 0 aromatic heterocycles. The van der Waals surface area contributed by atoms with Crippen LogP contribution in [0.2, 0.25) is 0 Å². The molecule has 0 unspecified atom stereocenters. The molecule has 0 saturated carbocycles. The molecule has 2 aliphatic rings. The molecule has 90 valence electrons. The second kappa shape index (κ2) is 5.18. The van der Waals surface area contributed by atoms with Gasteiger partial charge in [-0.05, 0) is 25.7 Å². The van der Waals surface area contributed by atoms with Gasteiger partial charge in [-0.3, -0.25) is 14.5 Å². The number of unbranched alkanes of at least 4 members (excludes halogenated alkanes) is 2. The van der Waals surface area contributed by atoms with Crippen molar-refractivity contribution in [2.24, 2.45) is 11.8 Å². The van der Waals surface area contributed by atoms with E-state index in [9.17, 15) is 9.59 Å². The summed E-state index contributed by atoms with van der Waals surface area (Å²) in [7, 11) is 0. The van der Waals surface area contributed by atoms with Gasteiger partial charge in [0.15, 0.2) is 0 Å². The van der Waals surface area contributed by atoms with E-state index in [1.54, 1.807) is 0 Å². The number of carbonyl (C=O) groups excluding carboxylic acids is 2. The summed E-state index contributed by atoms with van der Waals surface area (Å²) in [5, 5.41) is 0. The smallest absolute Gasteiger partial charge is 0.233 e. The third-order valence-electron chi connectivity index (χ3n) is 3.55. The lowest BCUT2D eigenvalue weighted by Gasteiger charge is -2.14. The second-order valence-corrected chi connectivity index (χ2v) is 4.65. The molecule has 0 N–H and O–H groups in total. The molecule has 1 fully saturated rings. The highest BCUT2D eigenvalue weighted by Gasteiger charge is 2.46. The van der Waals surface area contributed by atoms with Crippen molar-refractivity contribution in [3.63, 3.8) is 0 Å². The first kappa shape index (κ1) is 11.9. The Morgan fingerprint density at radius 3 is 2.29 bits per heavy atom. The van der Waals surface area contributed by atoms with E-state index in [2.05, 4.69) is 5.92 Å². The molecule has 1 heterocycles. The van der Waals surface area contributed by atoms with Crippen LogP contribution < -0.4 is 0 Å². The van der Waals surface area contributed by atoms with Crippen LogP contribution in [-0.4, -0.2) is 23.3 Å². The minimum absolute atomic E-state index is 0.0186. The fraction of sp³-hybridized carbons (Fsp3) is 0.571. The van der Waals surface area contributed by atoms with Gasteiger partial charge in [0.1, 0.15) is 0 Å². The van der Waals surface area contributed by atoms with Gasteiger partial charge in [0.25, 0.3) is 0 Å². The van der Waals surface area contributed by atoms with Crippen molar-refractivity contribution in [2.75, 3.05) is 6.54 Å². The summed E-state index contributed by atoms with van der Waals surface area (Å²) in [5.41, 5.74) is 0. The van der Waals surface area contributed by atoms with Crippen LogP contribution in [0.15, 0.2) is 12.2 Å². The number of terminal acetylenes is 1. The first-order valence-corrected chi connectivity index (χ1v) is 6.19. The van der Waals surface area contributed by atoms with Gasteiger partial charge in [-0.25, -0.2) is 0 Å². The molecular formula is C14H17NO2. The largest absolute Gasteiger partial charge is 0.282 e. The van der Waals surface area contributed by atoms with Gasteiger partial charge >= 0.3 is 0 Å². The van der Waals surface area contributed by atoms with Gasteiger partial charge in [0.2, 0.25) is 11.8 Å². The van der Waals surface area contributed by atoms with E-state index in [0.717, 1.165) is 25.7 Å². The van der Waals surface area contributed by atoms with Gasteiger partial charge in [0.05, 0.1) is 11.8 Å². The zero-order chi connectivity index (χ0) is 12.3. The van der Waals surface area contributed by atoms with E-state index < -0.39 is 0 Å². The van der Waals surface area contributed by atoms with Crippen LogP contribution in [0.1, 0.15) is 32.1 Å². The Kier molecular flexibility index (Phi) is 3.63. The molecule has 0 radical (unpaired) electrons. The molecule has 2 atom stereocenters. The Morgan fingerprint density at radius 2 is 1.76 bits per heavy atom. The van der Waals surface area contributed by atoms with E-state index in [0.29, 0.717) is 13.0 Å².